The summed E-state index contributed by atoms with van der Waals surface area (Å²) in [5, 5.41) is 3.52. The first-order valence-corrected chi connectivity index (χ1v) is 6.30. The van der Waals surface area contributed by atoms with Crippen molar-refractivity contribution in [1.82, 2.24) is 19.8 Å². The van der Waals surface area contributed by atoms with Gasteiger partial charge in [0.25, 0.3) is 0 Å². The minimum atomic E-state index is 0.721. The van der Waals surface area contributed by atoms with Gasteiger partial charge in [0.1, 0.15) is 0 Å². The topological polar surface area (TPSA) is 33.1 Å². The van der Waals surface area contributed by atoms with Crippen LogP contribution in [-0.2, 0) is 6.54 Å². The summed E-state index contributed by atoms with van der Waals surface area (Å²) in [6.45, 7) is 8.04. The molecule has 2 rings (SSSR count). The summed E-state index contributed by atoms with van der Waals surface area (Å²) in [4.78, 5) is 6.61. The standard InChI is InChI=1S/C12H22N4/c1-2-14-12-4-8-15(10-12)6-3-7-16-9-5-13-11-16/h5,9,11-12,14H,2-4,6-8,10H2,1H3. The first kappa shape index (κ1) is 11.6. The highest BCUT2D eigenvalue weighted by molar-refractivity contribution is 4.80. The molecule has 16 heavy (non-hydrogen) atoms. The van der Waals surface area contributed by atoms with E-state index in [0.717, 1.165) is 19.1 Å². The maximum atomic E-state index is 4.05. The molecule has 1 fully saturated rings. The number of aromatic nitrogens is 2. The maximum Gasteiger partial charge on any atom is 0.0945 e. The summed E-state index contributed by atoms with van der Waals surface area (Å²) in [6, 6.07) is 0.721. The summed E-state index contributed by atoms with van der Waals surface area (Å²) < 4.78 is 2.15. The molecule has 0 aliphatic carbocycles. The van der Waals surface area contributed by atoms with E-state index in [1.807, 2.05) is 18.7 Å². The molecule has 0 radical (unpaired) electrons. The third-order valence-corrected chi connectivity index (χ3v) is 3.22. The average molecular weight is 222 g/mol. The summed E-state index contributed by atoms with van der Waals surface area (Å²) in [6.07, 6.45) is 8.29. The molecule has 1 aliphatic heterocycles. The zero-order valence-corrected chi connectivity index (χ0v) is 10.1. The number of hydrogen-bond donors (Lipinski definition) is 1. The molecular weight excluding hydrogens is 200 g/mol. The van der Waals surface area contributed by atoms with Crippen molar-refractivity contribution in [3.63, 3.8) is 0 Å². The van der Waals surface area contributed by atoms with E-state index >= 15 is 0 Å². The Labute approximate surface area is 97.7 Å². The fourth-order valence-electron chi connectivity index (χ4n) is 2.39. The number of imidazole rings is 1. The molecule has 2 heterocycles. The SMILES string of the molecule is CCNC1CCN(CCCn2ccnc2)C1. The van der Waals surface area contributed by atoms with E-state index in [2.05, 4.69) is 26.7 Å². The molecule has 0 saturated carbocycles. The lowest BCUT2D eigenvalue weighted by atomic mass is 10.3. The molecule has 1 unspecified atom stereocenters. The van der Waals surface area contributed by atoms with Gasteiger partial charge in [-0.05, 0) is 32.5 Å². The van der Waals surface area contributed by atoms with Crippen molar-refractivity contribution in [3.05, 3.63) is 18.7 Å². The highest BCUT2D eigenvalue weighted by Gasteiger charge is 2.20. The Kier molecular flexibility index (Phi) is 4.36. The number of rotatable bonds is 6. The Bertz CT molecular complexity index is 283. The van der Waals surface area contributed by atoms with Gasteiger partial charge in [-0.3, -0.25) is 0 Å². The number of nitrogens with zero attached hydrogens (tertiary/aromatic N) is 3. The van der Waals surface area contributed by atoms with Crippen LogP contribution in [0.25, 0.3) is 0 Å². The van der Waals surface area contributed by atoms with Crippen LogP contribution in [0.15, 0.2) is 18.7 Å². The smallest absolute Gasteiger partial charge is 0.0945 e. The predicted octanol–water partition coefficient (Wildman–Crippen LogP) is 0.957. The number of likely N-dealkylation sites (tertiary alicyclic amines) is 1. The number of aryl methyl sites for hydroxylation is 1. The molecule has 0 bridgehead atoms. The highest BCUT2D eigenvalue weighted by Crippen LogP contribution is 2.09. The molecule has 1 aromatic heterocycles. The van der Waals surface area contributed by atoms with E-state index in [-0.39, 0.29) is 0 Å². The average Bonchev–Trinajstić information content (AvgIpc) is 2.90. The van der Waals surface area contributed by atoms with Crippen LogP contribution in [0.4, 0.5) is 0 Å². The summed E-state index contributed by atoms with van der Waals surface area (Å²) in [5.41, 5.74) is 0. The first-order chi connectivity index (χ1) is 7.88. The van der Waals surface area contributed by atoms with Gasteiger partial charge in [-0.2, -0.15) is 0 Å². The number of likely N-dealkylation sites (N-methyl/N-ethyl adjacent to an activating group) is 1. The largest absolute Gasteiger partial charge is 0.337 e. The fraction of sp³-hybridized carbons (Fsp3) is 0.750. The summed E-state index contributed by atoms with van der Waals surface area (Å²) in [7, 11) is 0. The van der Waals surface area contributed by atoms with Gasteiger partial charge in [0.2, 0.25) is 0 Å². The van der Waals surface area contributed by atoms with Gasteiger partial charge in [-0.25, -0.2) is 4.98 Å². The second-order valence-corrected chi connectivity index (χ2v) is 4.50. The second-order valence-electron chi connectivity index (χ2n) is 4.50. The van der Waals surface area contributed by atoms with Gasteiger partial charge in [0, 0.05) is 31.5 Å². The molecule has 1 saturated heterocycles. The minimum absolute atomic E-state index is 0.721. The Morgan fingerprint density at radius 3 is 3.12 bits per heavy atom. The van der Waals surface area contributed by atoms with E-state index in [9.17, 15) is 0 Å². The zero-order valence-electron chi connectivity index (χ0n) is 10.1. The molecule has 0 amide bonds. The Hall–Kier alpha value is -0.870. The van der Waals surface area contributed by atoms with E-state index in [0.29, 0.717) is 0 Å². The van der Waals surface area contributed by atoms with Crippen LogP contribution >= 0.6 is 0 Å². The van der Waals surface area contributed by atoms with E-state index in [1.54, 1.807) is 0 Å². The predicted molar refractivity (Wildman–Crippen MR) is 65.4 cm³/mol. The zero-order chi connectivity index (χ0) is 11.2. The summed E-state index contributed by atoms with van der Waals surface area (Å²) in [5.74, 6) is 0. The molecule has 1 aromatic rings. The first-order valence-electron chi connectivity index (χ1n) is 6.30. The Morgan fingerprint density at radius 1 is 1.44 bits per heavy atom. The second kappa shape index (κ2) is 6.01. The van der Waals surface area contributed by atoms with Crippen LogP contribution in [0.5, 0.6) is 0 Å². The lowest BCUT2D eigenvalue weighted by molar-refractivity contribution is 0.316. The van der Waals surface area contributed by atoms with Gasteiger partial charge >= 0.3 is 0 Å². The normalized spacial score (nSPS) is 21.7. The monoisotopic (exact) mass is 222 g/mol. The van der Waals surface area contributed by atoms with Gasteiger partial charge < -0.3 is 14.8 Å². The number of nitrogens with one attached hydrogen (secondary N) is 1. The Morgan fingerprint density at radius 2 is 2.38 bits per heavy atom. The molecule has 4 nitrogen and oxygen atoms in total. The fourth-order valence-corrected chi connectivity index (χ4v) is 2.39. The van der Waals surface area contributed by atoms with Crippen molar-refractivity contribution < 1.29 is 0 Å². The molecule has 1 aliphatic rings. The van der Waals surface area contributed by atoms with Crippen LogP contribution in [-0.4, -0.2) is 46.7 Å². The third kappa shape index (κ3) is 3.32. The number of hydrogen-bond acceptors (Lipinski definition) is 3. The summed E-state index contributed by atoms with van der Waals surface area (Å²) >= 11 is 0. The Balaban J connectivity index is 1.60. The van der Waals surface area contributed by atoms with Gasteiger partial charge in [-0.1, -0.05) is 6.92 Å². The molecule has 0 aromatic carbocycles. The van der Waals surface area contributed by atoms with Crippen molar-refractivity contribution in [2.24, 2.45) is 0 Å². The minimum Gasteiger partial charge on any atom is -0.337 e. The van der Waals surface area contributed by atoms with E-state index < -0.39 is 0 Å². The molecule has 90 valence electrons. The van der Waals surface area contributed by atoms with Crippen LogP contribution < -0.4 is 5.32 Å². The van der Waals surface area contributed by atoms with E-state index in [1.165, 1.54) is 32.5 Å². The van der Waals surface area contributed by atoms with Crippen LogP contribution in [0.3, 0.4) is 0 Å². The highest BCUT2D eigenvalue weighted by atomic mass is 15.2. The quantitative estimate of drug-likeness (QED) is 0.778. The molecule has 0 spiro atoms. The van der Waals surface area contributed by atoms with Crippen molar-refractivity contribution >= 4 is 0 Å². The van der Waals surface area contributed by atoms with Crippen molar-refractivity contribution in [2.45, 2.75) is 32.4 Å². The van der Waals surface area contributed by atoms with Crippen molar-refractivity contribution in [3.8, 4) is 0 Å². The van der Waals surface area contributed by atoms with Crippen molar-refractivity contribution in [1.29, 1.82) is 0 Å². The van der Waals surface area contributed by atoms with E-state index in [4.69, 9.17) is 0 Å². The van der Waals surface area contributed by atoms with Gasteiger partial charge in [0.05, 0.1) is 6.33 Å². The third-order valence-electron chi connectivity index (χ3n) is 3.22. The lowest BCUT2D eigenvalue weighted by Gasteiger charge is -2.16. The molecular formula is C12H22N4. The van der Waals surface area contributed by atoms with Crippen LogP contribution in [0, 0.1) is 0 Å². The van der Waals surface area contributed by atoms with Crippen LogP contribution in [0.2, 0.25) is 0 Å². The van der Waals surface area contributed by atoms with Crippen molar-refractivity contribution in [2.75, 3.05) is 26.2 Å². The molecule has 4 heteroatoms. The van der Waals surface area contributed by atoms with Gasteiger partial charge in [0.15, 0.2) is 0 Å². The molecule has 1 atom stereocenters. The van der Waals surface area contributed by atoms with Crippen LogP contribution in [0.1, 0.15) is 19.8 Å². The maximum absolute atomic E-state index is 4.05. The van der Waals surface area contributed by atoms with Gasteiger partial charge in [-0.15, -0.1) is 0 Å². The lowest BCUT2D eigenvalue weighted by Crippen LogP contribution is -2.32. The molecule has 1 N–H and O–H groups in total.